The van der Waals surface area contributed by atoms with E-state index >= 15 is 0 Å². The number of aliphatic hydroxyl groups is 1. The molecule has 0 bridgehead atoms. The second-order valence-electron chi connectivity index (χ2n) is 5.87. The van der Waals surface area contributed by atoms with Gasteiger partial charge in [0.05, 0.1) is 38.1 Å². The molecule has 2 aliphatic heterocycles. The standard InChI is InChI=1S/C15H18N2O5/c1-21-14(20)11-2-10(3-16-4-11)13(19)17-5-12-6-22-9-15(12,7-17)8-18/h2-4,12,18H,5-9H2,1H3/t12-,15-/m0/s1. The Balaban J connectivity index is 1.79. The van der Waals surface area contributed by atoms with Crippen LogP contribution in [0.3, 0.4) is 0 Å². The van der Waals surface area contributed by atoms with E-state index in [-0.39, 0.29) is 29.4 Å². The van der Waals surface area contributed by atoms with Crippen molar-refractivity contribution < 1.29 is 24.2 Å². The number of hydrogen-bond acceptors (Lipinski definition) is 6. The highest BCUT2D eigenvalue weighted by Gasteiger charge is 2.51. The fourth-order valence-electron chi connectivity index (χ4n) is 3.18. The number of aliphatic hydroxyl groups excluding tert-OH is 1. The monoisotopic (exact) mass is 306 g/mol. The van der Waals surface area contributed by atoms with Crippen LogP contribution in [0.4, 0.5) is 0 Å². The minimum Gasteiger partial charge on any atom is -0.465 e. The third-order valence-electron chi connectivity index (χ3n) is 4.53. The van der Waals surface area contributed by atoms with E-state index in [0.717, 1.165) is 0 Å². The van der Waals surface area contributed by atoms with Crippen molar-refractivity contribution in [3.8, 4) is 0 Å². The summed E-state index contributed by atoms with van der Waals surface area (Å²) in [6.45, 7) is 2.03. The number of esters is 1. The molecular formula is C15H18N2O5. The Bertz CT molecular complexity index is 605. The van der Waals surface area contributed by atoms with E-state index in [2.05, 4.69) is 9.72 Å². The van der Waals surface area contributed by atoms with Gasteiger partial charge in [0, 0.05) is 36.8 Å². The molecule has 0 radical (unpaired) electrons. The summed E-state index contributed by atoms with van der Waals surface area (Å²) in [4.78, 5) is 29.8. The zero-order valence-electron chi connectivity index (χ0n) is 12.3. The van der Waals surface area contributed by atoms with Crippen LogP contribution in [0.1, 0.15) is 20.7 Å². The minimum atomic E-state index is -0.527. The number of methoxy groups -OCH3 is 1. The van der Waals surface area contributed by atoms with Gasteiger partial charge < -0.3 is 19.5 Å². The van der Waals surface area contributed by atoms with Gasteiger partial charge in [-0.05, 0) is 6.07 Å². The van der Waals surface area contributed by atoms with Crippen molar-refractivity contribution in [1.82, 2.24) is 9.88 Å². The summed E-state index contributed by atoms with van der Waals surface area (Å²) in [5.74, 6) is -0.570. The molecule has 7 heteroatoms. The molecule has 1 aromatic rings. The van der Waals surface area contributed by atoms with Crippen LogP contribution in [-0.2, 0) is 9.47 Å². The van der Waals surface area contributed by atoms with E-state index in [1.807, 2.05) is 0 Å². The molecule has 0 aromatic carbocycles. The maximum atomic E-state index is 12.6. The van der Waals surface area contributed by atoms with Gasteiger partial charge in [-0.15, -0.1) is 0 Å². The SMILES string of the molecule is COC(=O)c1cncc(C(=O)N2C[C@H]3COC[C@@]3(CO)C2)c1. The second-order valence-corrected chi connectivity index (χ2v) is 5.87. The van der Waals surface area contributed by atoms with E-state index in [0.29, 0.717) is 31.9 Å². The molecule has 118 valence electrons. The van der Waals surface area contributed by atoms with Gasteiger partial charge in [0.25, 0.3) is 5.91 Å². The molecule has 7 nitrogen and oxygen atoms in total. The molecule has 2 fully saturated rings. The largest absolute Gasteiger partial charge is 0.465 e. The van der Waals surface area contributed by atoms with Crippen molar-refractivity contribution >= 4 is 11.9 Å². The van der Waals surface area contributed by atoms with Crippen LogP contribution in [0, 0.1) is 11.3 Å². The van der Waals surface area contributed by atoms with Crippen LogP contribution in [-0.4, -0.2) is 66.9 Å². The summed E-state index contributed by atoms with van der Waals surface area (Å²) in [6, 6.07) is 1.48. The lowest BCUT2D eigenvalue weighted by atomic mass is 9.82. The second kappa shape index (κ2) is 5.66. The zero-order valence-corrected chi connectivity index (χ0v) is 12.3. The number of aromatic nitrogens is 1. The predicted octanol–water partition coefficient (Wildman–Crippen LogP) is -0.0509. The molecule has 0 spiro atoms. The van der Waals surface area contributed by atoms with Crippen LogP contribution in [0.15, 0.2) is 18.5 Å². The first-order valence-corrected chi connectivity index (χ1v) is 7.11. The Labute approximate surface area is 127 Å². The molecule has 22 heavy (non-hydrogen) atoms. The van der Waals surface area contributed by atoms with Crippen molar-refractivity contribution in [1.29, 1.82) is 0 Å². The van der Waals surface area contributed by atoms with Gasteiger partial charge in [0.15, 0.2) is 0 Å². The molecular weight excluding hydrogens is 288 g/mol. The number of amides is 1. The quantitative estimate of drug-likeness (QED) is 0.788. The predicted molar refractivity (Wildman–Crippen MR) is 75.3 cm³/mol. The van der Waals surface area contributed by atoms with Crippen molar-refractivity contribution in [2.45, 2.75) is 0 Å². The fraction of sp³-hybridized carbons (Fsp3) is 0.533. The first-order chi connectivity index (χ1) is 10.6. The molecule has 1 N–H and O–H groups in total. The zero-order chi connectivity index (χ0) is 15.7. The number of carbonyl (C=O) groups excluding carboxylic acids is 2. The Hall–Kier alpha value is -1.99. The van der Waals surface area contributed by atoms with E-state index in [4.69, 9.17) is 4.74 Å². The molecule has 1 amide bonds. The van der Waals surface area contributed by atoms with Gasteiger partial charge >= 0.3 is 5.97 Å². The number of likely N-dealkylation sites (tertiary alicyclic amines) is 1. The van der Waals surface area contributed by atoms with Crippen molar-refractivity contribution in [3.05, 3.63) is 29.6 Å². The molecule has 0 unspecified atom stereocenters. The normalized spacial score (nSPS) is 26.8. The summed E-state index contributed by atoms with van der Waals surface area (Å²) < 4.78 is 10.1. The van der Waals surface area contributed by atoms with Gasteiger partial charge in [-0.2, -0.15) is 0 Å². The first kappa shape index (κ1) is 14.9. The smallest absolute Gasteiger partial charge is 0.339 e. The van der Waals surface area contributed by atoms with Crippen molar-refractivity contribution in [2.24, 2.45) is 11.3 Å². The fourth-order valence-corrected chi connectivity index (χ4v) is 3.18. The average Bonchev–Trinajstić information content (AvgIpc) is 3.10. The maximum absolute atomic E-state index is 12.6. The number of ether oxygens (including phenoxy) is 2. The number of hydrogen-bond donors (Lipinski definition) is 1. The first-order valence-electron chi connectivity index (χ1n) is 7.11. The van der Waals surface area contributed by atoms with E-state index in [1.165, 1.54) is 25.6 Å². The Morgan fingerprint density at radius 3 is 2.95 bits per heavy atom. The summed E-state index contributed by atoms with van der Waals surface area (Å²) in [7, 11) is 1.28. The number of fused-ring (bicyclic) bond motifs is 1. The Morgan fingerprint density at radius 2 is 2.27 bits per heavy atom. The van der Waals surface area contributed by atoms with Crippen LogP contribution in [0.25, 0.3) is 0 Å². The summed E-state index contributed by atoms with van der Waals surface area (Å²) in [5.41, 5.74) is 0.230. The molecule has 1 aromatic heterocycles. The lowest BCUT2D eigenvalue weighted by Gasteiger charge is -2.24. The highest BCUT2D eigenvalue weighted by Crippen LogP contribution is 2.41. The molecule has 2 aliphatic rings. The lowest BCUT2D eigenvalue weighted by molar-refractivity contribution is 0.0600. The van der Waals surface area contributed by atoms with Gasteiger partial charge in [-0.25, -0.2) is 4.79 Å². The maximum Gasteiger partial charge on any atom is 0.339 e. The molecule has 2 saturated heterocycles. The molecule has 3 rings (SSSR count). The van der Waals surface area contributed by atoms with Crippen LogP contribution >= 0.6 is 0 Å². The van der Waals surface area contributed by atoms with Crippen molar-refractivity contribution in [2.75, 3.05) is 40.0 Å². The Morgan fingerprint density at radius 1 is 1.50 bits per heavy atom. The molecule has 0 aliphatic carbocycles. The van der Waals surface area contributed by atoms with Gasteiger partial charge in [-0.3, -0.25) is 9.78 Å². The highest BCUT2D eigenvalue weighted by atomic mass is 16.5. The summed E-state index contributed by atoms with van der Waals surface area (Å²) >= 11 is 0. The Kier molecular flexibility index (Phi) is 3.84. The summed E-state index contributed by atoms with van der Waals surface area (Å²) in [6.07, 6.45) is 2.80. The highest BCUT2D eigenvalue weighted by molar-refractivity contribution is 5.97. The molecule has 3 heterocycles. The third kappa shape index (κ3) is 2.36. The van der Waals surface area contributed by atoms with Crippen LogP contribution in [0.5, 0.6) is 0 Å². The van der Waals surface area contributed by atoms with E-state index < -0.39 is 5.97 Å². The topological polar surface area (TPSA) is 89.0 Å². The number of nitrogens with zero attached hydrogens (tertiary/aromatic N) is 2. The summed E-state index contributed by atoms with van der Waals surface area (Å²) in [5, 5.41) is 9.65. The lowest BCUT2D eigenvalue weighted by Crippen LogP contribution is -2.36. The van der Waals surface area contributed by atoms with Gasteiger partial charge in [0.1, 0.15) is 0 Å². The number of rotatable bonds is 3. The minimum absolute atomic E-state index is 0.00188. The number of carbonyl (C=O) groups is 2. The van der Waals surface area contributed by atoms with E-state index in [1.54, 1.807) is 4.90 Å². The van der Waals surface area contributed by atoms with Gasteiger partial charge in [0.2, 0.25) is 0 Å². The average molecular weight is 306 g/mol. The third-order valence-corrected chi connectivity index (χ3v) is 4.53. The molecule has 2 atom stereocenters. The molecule has 0 saturated carbocycles. The van der Waals surface area contributed by atoms with Crippen LogP contribution in [0.2, 0.25) is 0 Å². The van der Waals surface area contributed by atoms with Crippen LogP contribution < -0.4 is 0 Å². The van der Waals surface area contributed by atoms with E-state index in [9.17, 15) is 14.7 Å². The number of pyridine rings is 1. The van der Waals surface area contributed by atoms with Gasteiger partial charge in [-0.1, -0.05) is 0 Å². The van der Waals surface area contributed by atoms with Crippen molar-refractivity contribution in [3.63, 3.8) is 0 Å².